The minimum Gasteiger partial charge on any atom is -0.493 e. The van der Waals surface area contributed by atoms with Gasteiger partial charge in [0.2, 0.25) is 10.0 Å². The van der Waals surface area contributed by atoms with Crippen molar-refractivity contribution in [1.29, 1.82) is 0 Å². The minimum atomic E-state index is -3.67. The van der Waals surface area contributed by atoms with Gasteiger partial charge in [-0.05, 0) is 74.1 Å². The number of sulfonamides is 1. The molecule has 0 aliphatic heterocycles. The van der Waals surface area contributed by atoms with E-state index in [1.165, 1.54) is 25.7 Å². The molecule has 2 bridgehead atoms. The number of nitrogens with two attached hydrogens (primary N) is 1. The number of rotatable bonds is 4. The lowest BCUT2D eigenvalue weighted by molar-refractivity contribution is 0.194. The van der Waals surface area contributed by atoms with Gasteiger partial charge in [0, 0.05) is 0 Å². The highest BCUT2D eigenvalue weighted by Gasteiger charge is 2.39. The van der Waals surface area contributed by atoms with Crippen LogP contribution in [0.15, 0.2) is 17.0 Å². The van der Waals surface area contributed by atoms with Gasteiger partial charge in [-0.15, -0.1) is 0 Å². The van der Waals surface area contributed by atoms with Gasteiger partial charge in [-0.3, -0.25) is 0 Å². The molecular weight excluding hydrogens is 286 g/mol. The third-order valence-electron chi connectivity index (χ3n) is 5.33. The Bertz CT molecular complexity index is 654. The van der Waals surface area contributed by atoms with E-state index in [1.807, 2.05) is 6.92 Å². The SMILES string of the molecule is Cc1c(OCC2CC3CCC2C3)ccc(S(N)(=O)=O)c1C. The predicted molar refractivity (Wildman–Crippen MR) is 81.7 cm³/mol. The van der Waals surface area contributed by atoms with Crippen LogP contribution in [-0.2, 0) is 10.0 Å². The van der Waals surface area contributed by atoms with Crippen LogP contribution in [-0.4, -0.2) is 15.0 Å². The molecule has 1 aromatic carbocycles. The fourth-order valence-corrected chi connectivity index (χ4v) is 4.85. The van der Waals surface area contributed by atoms with E-state index >= 15 is 0 Å². The number of benzene rings is 1. The van der Waals surface area contributed by atoms with E-state index in [9.17, 15) is 8.42 Å². The maximum atomic E-state index is 11.5. The van der Waals surface area contributed by atoms with E-state index in [4.69, 9.17) is 9.88 Å². The molecule has 2 saturated carbocycles. The van der Waals surface area contributed by atoms with Crippen molar-refractivity contribution < 1.29 is 13.2 Å². The van der Waals surface area contributed by atoms with Crippen molar-refractivity contribution in [2.75, 3.05) is 6.61 Å². The number of primary sulfonamides is 1. The topological polar surface area (TPSA) is 69.4 Å². The van der Waals surface area contributed by atoms with Crippen LogP contribution in [0.5, 0.6) is 5.75 Å². The third-order valence-corrected chi connectivity index (χ3v) is 6.39. The molecule has 4 nitrogen and oxygen atoms in total. The van der Waals surface area contributed by atoms with E-state index in [0.29, 0.717) is 11.5 Å². The highest BCUT2D eigenvalue weighted by Crippen LogP contribution is 2.48. The molecule has 116 valence electrons. The summed E-state index contributed by atoms with van der Waals surface area (Å²) in [6.07, 6.45) is 5.40. The Morgan fingerprint density at radius 2 is 1.95 bits per heavy atom. The van der Waals surface area contributed by atoms with Crippen LogP contribution in [0.25, 0.3) is 0 Å². The Hall–Kier alpha value is -1.07. The standard InChI is InChI=1S/C16H23NO3S/c1-10-11(2)16(21(17,18)19)6-5-15(10)20-9-14-8-12-3-4-13(14)7-12/h5-6,12-14H,3-4,7-9H2,1-2H3,(H2,17,18,19). The smallest absolute Gasteiger partial charge is 0.238 e. The largest absolute Gasteiger partial charge is 0.493 e. The first-order valence-corrected chi connectivity index (χ1v) is 9.16. The number of fused-ring (bicyclic) bond motifs is 2. The summed E-state index contributed by atoms with van der Waals surface area (Å²) in [6.45, 7) is 4.41. The van der Waals surface area contributed by atoms with Gasteiger partial charge in [-0.25, -0.2) is 13.6 Å². The van der Waals surface area contributed by atoms with Crippen LogP contribution in [0, 0.1) is 31.6 Å². The highest BCUT2D eigenvalue weighted by atomic mass is 32.2. The maximum Gasteiger partial charge on any atom is 0.238 e. The summed E-state index contributed by atoms with van der Waals surface area (Å²) >= 11 is 0. The zero-order valence-electron chi connectivity index (χ0n) is 12.6. The summed E-state index contributed by atoms with van der Waals surface area (Å²) < 4.78 is 29.0. The molecule has 0 heterocycles. The normalized spacial score (nSPS) is 28.0. The summed E-state index contributed by atoms with van der Waals surface area (Å²) in [5.74, 6) is 3.19. The van der Waals surface area contributed by atoms with Crippen LogP contribution in [0.1, 0.15) is 36.8 Å². The summed E-state index contributed by atoms with van der Waals surface area (Å²) in [7, 11) is -3.67. The first-order chi connectivity index (χ1) is 9.86. The molecule has 0 amide bonds. The quantitative estimate of drug-likeness (QED) is 0.929. The van der Waals surface area contributed by atoms with E-state index < -0.39 is 10.0 Å². The summed E-state index contributed by atoms with van der Waals surface area (Å²) in [6, 6.07) is 3.28. The average Bonchev–Trinajstić information content (AvgIpc) is 3.01. The zero-order chi connectivity index (χ0) is 15.2. The molecule has 5 heteroatoms. The Morgan fingerprint density at radius 3 is 2.52 bits per heavy atom. The Morgan fingerprint density at radius 1 is 1.19 bits per heavy atom. The highest BCUT2D eigenvalue weighted by molar-refractivity contribution is 7.89. The summed E-state index contributed by atoms with van der Waals surface area (Å²) in [5, 5.41) is 5.22. The van der Waals surface area contributed by atoms with Crippen molar-refractivity contribution in [1.82, 2.24) is 0 Å². The van der Waals surface area contributed by atoms with Crippen molar-refractivity contribution in [3.63, 3.8) is 0 Å². The second-order valence-electron chi connectivity index (χ2n) is 6.60. The van der Waals surface area contributed by atoms with Gasteiger partial charge in [0.15, 0.2) is 0 Å². The molecule has 21 heavy (non-hydrogen) atoms. The molecule has 0 aromatic heterocycles. The molecule has 1 aromatic rings. The monoisotopic (exact) mass is 309 g/mol. The molecule has 2 fully saturated rings. The molecular formula is C16H23NO3S. The van der Waals surface area contributed by atoms with E-state index in [2.05, 4.69) is 0 Å². The fourth-order valence-electron chi connectivity index (χ4n) is 4.01. The Balaban J connectivity index is 1.73. The van der Waals surface area contributed by atoms with Gasteiger partial charge in [0.1, 0.15) is 5.75 Å². The fraction of sp³-hybridized carbons (Fsp3) is 0.625. The molecule has 2 N–H and O–H groups in total. The first-order valence-electron chi connectivity index (χ1n) is 7.62. The molecule has 2 aliphatic carbocycles. The number of hydrogen-bond donors (Lipinski definition) is 1. The minimum absolute atomic E-state index is 0.187. The third kappa shape index (κ3) is 2.81. The lowest BCUT2D eigenvalue weighted by Gasteiger charge is -2.22. The zero-order valence-corrected chi connectivity index (χ0v) is 13.4. The maximum absolute atomic E-state index is 11.5. The molecule has 3 rings (SSSR count). The summed E-state index contributed by atoms with van der Waals surface area (Å²) in [5.41, 5.74) is 1.55. The van der Waals surface area contributed by atoms with Gasteiger partial charge < -0.3 is 4.74 Å². The molecule has 3 atom stereocenters. The van der Waals surface area contributed by atoms with Crippen molar-refractivity contribution in [2.45, 2.75) is 44.4 Å². The van der Waals surface area contributed by atoms with Crippen LogP contribution < -0.4 is 9.88 Å². The summed E-state index contributed by atoms with van der Waals surface area (Å²) in [4.78, 5) is 0.187. The van der Waals surface area contributed by atoms with Gasteiger partial charge in [-0.1, -0.05) is 6.42 Å². The Labute approximate surface area is 126 Å². The van der Waals surface area contributed by atoms with Gasteiger partial charge >= 0.3 is 0 Å². The molecule has 2 aliphatic rings. The van der Waals surface area contributed by atoms with Gasteiger partial charge in [-0.2, -0.15) is 0 Å². The second kappa shape index (κ2) is 5.29. The van der Waals surface area contributed by atoms with E-state index in [-0.39, 0.29) is 4.90 Å². The lowest BCUT2D eigenvalue weighted by Crippen LogP contribution is -2.19. The Kier molecular flexibility index (Phi) is 3.74. The van der Waals surface area contributed by atoms with Crippen LogP contribution in [0.3, 0.4) is 0 Å². The predicted octanol–water partition coefficient (Wildman–Crippen LogP) is 2.77. The van der Waals surface area contributed by atoms with Gasteiger partial charge in [0.05, 0.1) is 11.5 Å². The number of ether oxygens (including phenoxy) is 1. The van der Waals surface area contributed by atoms with Crippen molar-refractivity contribution in [3.05, 3.63) is 23.3 Å². The molecule has 0 radical (unpaired) electrons. The van der Waals surface area contributed by atoms with Crippen molar-refractivity contribution in [3.8, 4) is 5.75 Å². The second-order valence-corrected chi connectivity index (χ2v) is 8.13. The van der Waals surface area contributed by atoms with Gasteiger partial charge in [0.25, 0.3) is 0 Å². The van der Waals surface area contributed by atoms with E-state index in [0.717, 1.165) is 29.8 Å². The average molecular weight is 309 g/mol. The first kappa shape index (κ1) is 14.9. The van der Waals surface area contributed by atoms with Crippen molar-refractivity contribution >= 4 is 10.0 Å². The van der Waals surface area contributed by atoms with E-state index in [1.54, 1.807) is 19.1 Å². The number of hydrogen-bond acceptors (Lipinski definition) is 3. The molecule has 3 unspecified atom stereocenters. The van der Waals surface area contributed by atoms with Crippen LogP contribution >= 0.6 is 0 Å². The lowest BCUT2D eigenvalue weighted by atomic mass is 9.89. The van der Waals surface area contributed by atoms with Crippen molar-refractivity contribution in [2.24, 2.45) is 22.9 Å². The molecule has 0 saturated heterocycles. The van der Waals surface area contributed by atoms with Crippen LogP contribution in [0.4, 0.5) is 0 Å². The van der Waals surface area contributed by atoms with Crippen LogP contribution in [0.2, 0.25) is 0 Å². The molecule has 0 spiro atoms.